The molecule has 2 rings (SSSR count). The van der Waals surface area contributed by atoms with E-state index in [0.717, 1.165) is 23.5 Å². The minimum atomic E-state index is 0.121. The summed E-state index contributed by atoms with van der Waals surface area (Å²) >= 11 is 0. The molecule has 16 heavy (non-hydrogen) atoms. The lowest BCUT2D eigenvalue weighted by molar-refractivity contribution is 0.162. The quantitative estimate of drug-likeness (QED) is 0.839. The standard InChI is InChI=1S/C12H17NO3/c1-8(13)5-9-3-4-11-12(16-7-15-11)10(9)6-14-2/h3-4,8H,5-7,13H2,1-2H3. The topological polar surface area (TPSA) is 53.7 Å². The average molecular weight is 223 g/mol. The molecule has 0 aliphatic carbocycles. The van der Waals surface area contributed by atoms with E-state index in [-0.39, 0.29) is 12.8 Å². The molecule has 88 valence electrons. The largest absolute Gasteiger partial charge is 0.454 e. The van der Waals surface area contributed by atoms with Gasteiger partial charge < -0.3 is 19.9 Å². The summed E-state index contributed by atoms with van der Waals surface area (Å²) in [6.07, 6.45) is 0.815. The van der Waals surface area contributed by atoms with Crippen LogP contribution in [0.1, 0.15) is 18.1 Å². The maximum atomic E-state index is 5.82. The Morgan fingerprint density at radius 2 is 2.25 bits per heavy atom. The van der Waals surface area contributed by atoms with Crippen LogP contribution in [0, 0.1) is 0 Å². The van der Waals surface area contributed by atoms with Gasteiger partial charge in [0, 0.05) is 18.7 Å². The Morgan fingerprint density at radius 1 is 1.44 bits per heavy atom. The fraction of sp³-hybridized carbons (Fsp3) is 0.500. The van der Waals surface area contributed by atoms with Gasteiger partial charge in [-0.25, -0.2) is 0 Å². The SMILES string of the molecule is COCc1c(CC(C)N)ccc2c1OCO2. The third-order valence-electron chi connectivity index (χ3n) is 2.57. The summed E-state index contributed by atoms with van der Waals surface area (Å²) in [6.45, 7) is 2.80. The van der Waals surface area contributed by atoms with Crippen LogP contribution in [-0.2, 0) is 17.8 Å². The molecule has 1 aliphatic rings. The number of rotatable bonds is 4. The Labute approximate surface area is 95.3 Å². The monoisotopic (exact) mass is 223 g/mol. The van der Waals surface area contributed by atoms with Crippen LogP contribution in [0.15, 0.2) is 12.1 Å². The van der Waals surface area contributed by atoms with Crippen molar-refractivity contribution in [3.05, 3.63) is 23.3 Å². The highest BCUT2D eigenvalue weighted by Crippen LogP contribution is 2.38. The van der Waals surface area contributed by atoms with Gasteiger partial charge in [0.05, 0.1) is 6.61 Å². The molecule has 1 aromatic rings. The maximum Gasteiger partial charge on any atom is 0.231 e. The zero-order chi connectivity index (χ0) is 11.5. The summed E-state index contributed by atoms with van der Waals surface area (Å²) < 4.78 is 16.0. The highest BCUT2D eigenvalue weighted by Gasteiger charge is 2.20. The number of hydrogen-bond acceptors (Lipinski definition) is 4. The molecule has 0 saturated carbocycles. The molecule has 2 N–H and O–H groups in total. The molecule has 0 saturated heterocycles. The zero-order valence-corrected chi connectivity index (χ0v) is 9.66. The van der Waals surface area contributed by atoms with Crippen LogP contribution >= 0.6 is 0 Å². The number of nitrogens with two attached hydrogens (primary N) is 1. The van der Waals surface area contributed by atoms with Gasteiger partial charge in [-0.3, -0.25) is 0 Å². The Bertz CT molecular complexity index is 377. The summed E-state index contributed by atoms with van der Waals surface area (Å²) in [5.41, 5.74) is 8.04. The van der Waals surface area contributed by atoms with Crippen LogP contribution in [0.2, 0.25) is 0 Å². The summed E-state index contributed by atoms with van der Waals surface area (Å²) in [7, 11) is 1.67. The van der Waals surface area contributed by atoms with Gasteiger partial charge in [-0.05, 0) is 25.0 Å². The van der Waals surface area contributed by atoms with E-state index in [1.165, 1.54) is 5.56 Å². The van der Waals surface area contributed by atoms with Gasteiger partial charge in [-0.2, -0.15) is 0 Å². The summed E-state index contributed by atoms with van der Waals surface area (Å²) in [4.78, 5) is 0. The molecule has 0 bridgehead atoms. The lowest BCUT2D eigenvalue weighted by Crippen LogP contribution is -2.18. The van der Waals surface area contributed by atoms with Crippen molar-refractivity contribution < 1.29 is 14.2 Å². The molecule has 1 aliphatic heterocycles. The zero-order valence-electron chi connectivity index (χ0n) is 9.66. The van der Waals surface area contributed by atoms with Gasteiger partial charge in [0.15, 0.2) is 11.5 Å². The van der Waals surface area contributed by atoms with E-state index >= 15 is 0 Å². The minimum absolute atomic E-state index is 0.121. The molecule has 4 heteroatoms. The van der Waals surface area contributed by atoms with E-state index in [0.29, 0.717) is 6.61 Å². The van der Waals surface area contributed by atoms with E-state index in [9.17, 15) is 0 Å². The predicted octanol–water partition coefficient (Wildman–Crippen LogP) is 1.45. The van der Waals surface area contributed by atoms with Crippen molar-refractivity contribution in [2.24, 2.45) is 5.73 Å². The Kier molecular flexibility index (Phi) is 3.31. The van der Waals surface area contributed by atoms with Crippen molar-refractivity contribution in [1.82, 2.24) is 0 Å². The van der Waals surface area contributed by atoms with E-state index in [1.54, 1.807) is 7.11 Å². The third kappa shape index (κ3) is 2.13. The summed E-state index contributed by atoms with van der Waals surface area (Å²) in [5, 5.41) is 0. The molecular weight excluding hydrogens is 206 g/mol. The Hall–Kier alpha value is -1.26. The molecule has 0 radical (unpaired) electrons. The van der Waals surface area contributed by atoms with Crippen LogP contribution < -0.4 is 15.2 Å². The van der Waals surface area contributed by atoms with Gasteiger partial charge in [0.1, 0.15) is 0 Å². The van der Waals surface area contributed by atoms with Crippen molar-refractivity contribution in [3.63, 3.8) is 0 Å². The first kappa shape index (κ1) is 11.2. The molecule has 1 unspecified atom stereocenters. The molecule has 1 atom stereocenters. The van der Waals surface area contributed by atoms with Gasteiger partial charge in [0.2, 0.25) is 6.79 Å². The van der Waals surface area contributed by atoms with Crippen molar-refractivity contribution in [2.75, 3.05) is 13.9 Å². The number of benzene rings is 1. The van der Waals surface area contributed by atoms with Crippen molar-refractivity contribution in [3.8, 4) is 11.5 Å². The summed E-state index contributed by atoms with van der Waals surface area (Å²) in [6, 6.07) is 4.08. The highest BCUT2D eigenvalue weighted by molar-refractivity contribution is 5.52. The minimum Gasteiger partial charge on any atom is -0.454 e. The first-order chi connectivity index (χ1) is 7.72. The molecule has 0 fully saturated rings. The Morgan fingerprint density at radius 3 is 2.94 bits per heavy atom. The van der Waals surface area contributed by atoms with Gasteiger partial charge in [0.25, 0.3) is 0 Å². The van der Waals surface area contributed by atoms with Crippen molar-refractivity contribution >= 4 is 0 Å². The van der Waals surface area contributed by atoms with Gasteiger partial charge >= 0.3 is 0 Å². The smallest absolute Gasteiger partial charge is 0.231 e. The second-order valence-electron chi connectivity index (χ2n) is 4.05. The molecule has 4 nitrogen and oxygen atoms in total. The van der Waals surface area contributed by atoms with Gasteiger partial charge in [-0.1, -0.05) is 6.07 Å². The fourth-order valence-corrected chi connectivity index (χ4v) is 1.91. The van der Waals surface area contributed by atoms with Gasteiger partial charge in [-0.15, -0.1) is 0 Å². The number of ether oxygens (including phenoxy) is 3. The molecule has 1 heterocycles. The second kappa shape index (κ2) is 4.72. The maximum absolute atomic E-state index is 5.82. The molecule has 0 amide bonds. The lowest BCUT2D eigenvalue weighted by atomic mass is 10.0. The number of methoxy groups -OCH3 is 1. The number of fused-ring (bicyclic) bond motifs is 1. The van der Waals surface area contributed by atoms with E-state index in [4.69, 9.17) is 19.9 Å². The molecule has 0 aromatic heterocycles. The number of hydrogen-bond donors (Lipinski definition) is 1. The normalized spacial score (nSPS) is 15.2. The molecular formula is C12H17NO3. The van der Waals surface area contributed by atoms with E-state index in [1.807, 2.05) is 19.1 Å². The predicted molar refractivity (Wildman–Crippen MR) is 60.6 cm³/mol. The molecule has 0 spiro atoms. The van der Waals surface area contributed by atoms with Crippen LogP contribution in [0.25, 0.3) is 0 Å². The van der Waals surface area contributed by atoms with Crippen LogP contribution in [0.4, 0.5) is 0 Å². The average Bonchev–Trinajstić information content (AvgIpc) is 2.69. The van der Waals surface area contributed by atoms with E-state index in [2.05, 4.69) is 0 Å². The first-order valence-electron chi connectivity index (χ1n) is 5.37. The lowest BCUT2D eigenvalue weighted by Gasteiger charge is -2.13. The fourth-order valence-electron chi connectivity index (χ4n) is 1.91. The van der Waals surface area contributed by atoms with Crippen molar-refractivity contribution in [1.29, 1.82) is 0 Å². The highest BCUT2D eigenvalue weighted by atomic mass is 16.7. The Balaban J connectivity index is 2.36. The third-order valence-corrected chi connectivity index (χ3v) is 2.57. The van der Waals surface area contributed by atoms with Crippen molar-refractivity contribution in [2.45, 2.75) is 26.0 Å². The first-order valence-corrected chi connectivity index (χ1v) is 5.37. The van der Waals surface area contributed by atoms with Crippen LogP contribution in [0.5, 0.6) is 11.5 Å². The second-order valence-corrected chi connectivity index (χ2v) is 4.05. The van der Waals surface area contributed by atoms with E-state index < -0.39 is 0 Å². The summed E-state index contributed by atoms with van der Waals surface area (Å²) in [5.74, 6) is 1.60. The molecule has 1 aromatic carbocycles. The van der Waals surface area contributed by atoms with Crippen LogP contribution in [0.3, 0.4) is 0 Å². The van der Waals surface area contributed by atoms with Crippen LogP contribution in [-0.4, -0.2) is 19.9 Å².